The van der Waals surface area contributed by atoms with E-state index in [-0.39, 0.29) is 0 Å². The van der Waals surface area contributed by atoms with E-state index in [9.17, 15) is 0 Å². The van der Waals surface area contributed by atoms with Crippen LogP contribution in [-0.2, 0) is 0 Å². The molecule has 0 aromatic heterocycles. The van der Waals surface area contributed by atoms with Gasteiger partial charge in [-0.1, -0.05) is 41.0 Å². The summed E-state index contributed by atoms with van der Waals surface area (Å²) in [5.74, 6) is 4.91. The molecule has 0 bridgehead atoms. The van der Waals surface area contributed by atoms with Crippen molar-refractivity contribution < 1.29 is 0 Å². The van der Waals surface area contributed by atoms with Crippen molar-refractivity contribution in [3.05, 3.63) is 0 Å². The zero-order chi connectivity index (χ0) is 10.0. The molecule has 0 heterocycles. The van der Waals surface area contributed by atoms with Crippen molar-refractivity contribution in [3.63, 3.8) is 0 Å². The van der Waals surface area contributed by atoms with Crippen molar-refractivity contribution in [2.75, 3.05) is 0 Å². The molecule has 78 valence electrons. The van der Waals surface area contributed by atoms with Crippen molar-refractivity contribution in [1.82, 2.24) is 0 Å². The zero-order valence-electron chi connectivity index (χ0n) is 10.0. The Hall–Kier alpha value is 0. The lowest BCUT2D eigenvalue weighted by molar-refractivity contribution is 0.0266. The van der Waals surface area contributed by atoms with Gasteiger partial charge in [-0.15, -0.1) is 0 Å². The summed E-state index contributed by atoms with van der Waals surface area (Å²) in [6.45, 7) is 11.9. The lowest BCUT2D eigenvalue weighted by Crippen LogP contribution is -2.39. The summed E-state index contributed by atoms with van der Waals surface area (Å²) in [5, 5.41) is 0. The highest BCUT2D eigenvalue weighted by Gasteiger charge is 2.39. The molecule has 0 saturated heterocycles. The minimum absolute atomic E-state index is 0.901. The monoisotopic (exact) mass is 182 g/mol. The summed E-state index contributed by atoms with van der Waals surface area (Å²) in [6, 6.07) is 0. The zero-order valence-corrected chi connectivity index (χ0v) is 10.0. The molecule has 1 rings (SSSR count). The summed E-state index contributed by atoms with van der Waals surface area (Å²) in [5.41, 5.74) is 0. The first-order valence-corrected chi connectivity index (χ1v) is 6.06. The Bertz CT molecular complexity index is 143. The maximum atomic E-state index is 2.43. The van der Waals surface area contributed by atoms with E-state index >= 15 is 0 Å². The average molecular weight is 182 g/mol. The second-order valence-corrected chi connectivity index (χ2v) is 5.54. The Morgan fingerprint density at radius 1 is 1.23 bits per heavy atom. The molecule has 0 nitrogen and oxygen atoms in total. The highest BCUT2D eigenvalue weighted by molar-refractivity contribution is 4.88. The van der Waals surface area contributed by atoms with Gasteiger partial charge in [0.15, 0.2) is 0 Å². The predicted octanol–water partition coefficient (Wildman–Crippen LogP) is 4.35. The maximum absolute atomic E-state index is 2.43. The Morgan fingerprint density at radius 3 is 2.23 bits per heavy atom. The smallest absolute Gasteiger partial charge is 0.0337 e. The van der Waals surface area contributed by atoms with Gasteiger partial charge in [-0.05, 0) is 42.4 Å². The third-order valence-electron chi connectivity index (χ3n) is 4.05. The van der Waals surface area contributed by atoms with Gasteiger partial charge < -0.3 is 0 Å². The van der Waals surface area contributed by atoms with E-state index in [2.05, 4.69) is 34.6 Å². The molecule has 1 aliphatic carbocycles. The van der Waals surface area contributed by atoms with Crippen LogP contribution in [0.5, 0.6) is 0 Å². The van der Waals surface area contributed by atoms with Crippen molar-refractivity contribution in [1.29, 1.82) is 0 Å². The van der Waals surface area contributed by atoms with E-state index < -0.39 is 0 Å². The van der Waals surface area contributed by atoms with Crippen molar-refractivity contribution in [3.8, 4) is 0 Å². The molecule has 1 fully saturated rings. The van der Waals surface area contributed by atoms with Gasteiger partial charge in [-0.3, -0.25) is 0 Å². The average Bonchev–Trinajstić information content (AvgIpc) is 2.01. The second kappa shape index (κ2) is 4.48. The Morgan fingerprint density at radius 2 is 1.85 bits per heavy atom. The van der Waals surface area contributed by atoms with E-state index in [0.717, 1.165) is 29.6 Å². The Kier molecular flexibility index (Phi) is 3.82. The molecule has 0 heteroatoms. The molecule has 4 atom stereocenters. The van der Waals surface area contributed by atoms with Gasteiger partial charge in [0, 0.05) is 0 Å². The molecule has 4 unspecified atom stereocenters. The molecule has 0 amide bonds. The van der Waals surface area contributed by atoms with Gasteiger partial charge in [0.2, 0.25) is 0 Å². The van der Waals surface area contributed by atoms with Crippen LogP contribution in [0.25, 0.3) is 0 Å². The largest absolute Gasteiger partial charge is 0.0651 e. The standard InChI is InChI=1S/C13H26/c1-6-10(4)7-12-8-11(5)13(12)9(2)3/h9-13H,6-8H2,1-5H3. The molecule has 0 aromatic rings. The molecule has 0 aromatic carbocycles. The number of rotatable bonds is 4. The molecule has 13 heavy (non-hydrogen) atoms. The lowest BCUT2D eigenvalue weighted by atomic mass is 9.59. The second-order valence-electron chi connectivity index (χ2n) is 5.54. The van der Waals surface area contributed by atoms with Crippen LogP contribution in [0.3, 0.4) is 0 Å². The highest BCUT2D eigenvalue weighted by Crippen LogP contribution is 2.47. The normalized spacial score (nSPS) is 36.0. The minimum atomic E-state index is 0.901. The van der Waals surface area contributed by atoms with E-state index in [1.807, 2.05) is 0 Å². The lowest BCUT2D eigenvalue weighted by Gasteiger charge is -2.47. The summed E-state index contributed by atoms with van der Waals surface area (Å²) in [7, 11) is 0. The molecule has 0 radical (unpaired) electrons. The van der Waals surface area contributed by atoms with Crippen molar-refractivity contribution >= 4 is 0 Å². The van der Waals surface area contributed by atoms with Crippen LogP contribution >= 0.6 is 0 Å². The first-order chi connectivity index (χ1) is 6.06. The number of hydrogen-bond donors (Lipinski definition) is 0. The quantitative estimate of drug-likeness (QED) is 0.606. The number of hydrogen-bond acceptors (Lipinski definition) is 0. The summed E-state index contributed by atoms with van der Waals surface area (Å²) in [6.07, 6.45) is 4.33. The van der Waals surface area contributed by atoms with E-state index in [1.54, 1.807) is 0 Å². The summed E-state index contributed by atoms with van der Waals surface area (Å²) < 4.78 is 0. The summed E-state index contributed by atoms with van der Waals surface area (Å²) >= 11 is 0. The third kappa shape index (κ3) is 2.48. The Balaban J connectivity index is 2.36. The van der Waals surface area contributed by atoms with E-state index in [0.29, 0.717) is 0 Å². The fraction of sp³-hybridized carbons (Fsp3) is 1.00. The molecule has 0 N–H and O–H groups in total. The van der Waals surface area contributed by atoms with Crippen LogP contribution in [0.15, 0.2) is 0 Å². The van der Waals surface area contributed by atoms with Crippen molar-refractivity contribution in [2.45, 2.75) is 53.9 Å². The van der Waals surface area contributed by atoms with Gasteiger partial charge >= 0.3 is 0 Å². The molecule has 0 spiro atoms. The van der Waals surface area contributed by atoms with Gasteiger partial charge in [-0.25, -0.2) is 0 Å². The first-order valence-electron chi connectivity index (χ1n) is 6.06. The molecule has 1 saturated carbocycles. The fourth-order valence-corrected chi connectivity index (χ4v) is 3.20. The summed E-state index contributed by atoms with van der Waals surface area (Å²) in [4.78, 5) is 0. The predicted molar refractivity (Wildman–Crippen MR) is 59.7 cm³/mol. The maximum Gasteiger partial charge on any atom is -0.0337 e. The molecular formula is C13H26. The van der Waals surface area contributed by atoms with Gasteiger partial charge in [0.05, 0.1) is 0 Å². The molecular weight excluding hydrogens is 156 g/mol. The van der Waals surface area contributed by atoms with Crippen LogP contribution in [0.2, 0.25) is 0 Å². The fourth-order valence-electron chi connectivity index (χ4n) is 3.20. The highest BCUT2D eigenvalue weighted by atomic mass is 14.4. The van der Waals surface area contributed by atoms with Gasteiger partial charge in [-0.2, -0.15) is 0 Å². The van der Waals surface area contributed by atoms with E-state index in [4.69, 9.17) is 0 Å². The molecule has 0 aliphatic heterocycles. The Labute approximate surface area is 84.1 Å². The topological polar surface area (TPSA) is 0 Å². The van der Waals surface area contributed by atoms with Crippen LogP contribution in [0.4, 0.5) is 0 Å². The SMILES string of the molecule is CCC(C)CC1CC(C)C1C(C)C. The molecule has 1 aliphatic rings. The van der Waals surface area contributed by atoms with Crippen LogP contribution < -0.4 is 0 Å². The van der Waals surface area contributed by atoms with Crippen LogP contribution in [0, 0.1) is 29.6 Å². The first kappa shape index (κ1) is 11.1. The van der Waals surface area contributed by atoms with E-state index in [1.165, 1.54) is 19.3 Å². The van der Waals surface area contributed by atoms with Gasteiger partial charge in [0.1, 0.15) is 0 Å². The van der Waals surface area contributed by atoms with Crippen molar-refractivity contribution in [2.24, 2.45) is 29.6 Å². The minimum Gasteiger partial charge on any atom is -0.0651 e. The van der Waals surface area contributed by atoms with Crippen LogP contribution in [-0.4, -0.2) is 0 Å². The van der Waals surface area contributed by atoms with Crippen LogP contribution in [0.1, 0.15) is 53.9 Å². The van der Waals surface area contributed by atoms with Gasteiger partial charge in [0.25, 0.3) is 0 Å². The third-order valence-corrected chi connectivity index (χ3v) is 4.05.